The molecule has 0 saturated carbocycles. The number of aryl methyl sites for hydroxylation is 1. The summed E-state index contributed by atoms with van der Waals surface area (Å²) in [5.41, 5.74) is 8.15. The van der Waals surface area contributed by atoms with Crippen LogP contribution in [-0.4, -0.2) is 12.6 Å². The van der Waals surface area contributed by atoms with Crippen molar-refractivity contribution in [3.8, 4) is 0 Å². The Hall–Kier alpha value is -0.540. The van der Waals surface area contributed by atoms with E-state index in [4.69, 9.17) is 5.73 Å². The molecule has 1 aliphatic heterocycles. The fourth-order valence-electron chi connectivity index (χ4n) is 2.29. The lowest BCUT2D eigenvalue weighted by molar-refractivity contribution is 0.383. The number of benzene rings is 1. The number of halogens is 1. The predicted molar refractivity (Wildman–Crippen MR) is 72.5 cm³/mol. The van der Waals surface area contributed by atoms with E-state index in [0.717, 1.165) is 16.6 Å². The Morgan fingerprint density at radius 2 is 2.25 bits per heavy atom. The van der Waals surface area contributed by atoms with Gasteiger partial charge in [-0.2, -0.15) is 0 Å². The van der Waals surface area contributed by atoms with E-state index in [1.54, 1.807) is 0 Å². The van der Waals surface area contributed by atoms with Gasteiger partial charge in [-0.25, -0.2) is 0 Å². The van der Waals surface area contributed by atoms with Crippen molar-refractivity contribution in [2.75, 3.05) is 12.3 Å². The molecule has 0 amide bonds. The zero-order chi connectivity index (χ0) is 11.4. The van der Waals surface area contributed by atoms with E-state index < -0.39 is 0 Å². The molecule has 2 rings (SSSR count). The van der Waals surface area contributed by atoms with Gasteiger partial charge in [0.15, 0.2) is 0 Å². The lowest BCUT2D eigenvalue weighted by Gasteiger charge is -2.23. The van der Waals surface area contributed by atoms with E-state index in [0.29, 0.717) is 6.04 Å². The van der Waals surface area contributed by atoms with Crippen LogP contribution in [0.2, 0.25) is 0 Å². The van der Waals surface area contributed by atoms with E-state index in [1.807, 2.05) is 12.1 Å². The number of hydrogen-bond acceptors (Lipinski definition) is 2. The summed E-state index contributed by atoms with van der Waals surface area (Å²) in [5.74, 6) is 0. The van der Waals surface area contributed by atoms with Gasteiger partial charge < -0.3 is 11.1 Å². The van der Waals surface area contributed by atoms with E-state index in [1.165, 1.54) is 37.8 Å². The SMILES string of the molecule is Nc1ccc(Br)cc1CCC1CCCCN1. The normalized spacial score (nSPS) is 20.9. The van der Waals surface area contributed by atoms with E-state index in [9.17, 15) is 0 Å². The first-order valence-corrected chi connectivity index (χ1v) is 6.82. The number of nitrogen functional groups attached to an aromatic ring is 1. The molecule has 1 aromatic rings. The van der Waals surface area contributed by atoms with Crippen molar-refractivity contribution < 1.29 is 0 Å². The second kappa shape index (κ2) is 5.69. The average molecular weight is 283 g/mol. The lowest BCUT2D eigenvalue weighted by atomic mass is 9.97. The minimum Gasteiger partial charge on any atom is -0.399 e. The molecule has 0 aromatic heterocycles. The first-order valence-electron chi connectivity index (χ1n) is 6.03. The van der Waals surface area contributed by atoms with Crippen molar-refractivity contribution in [2.24, 2.45) is 0 Å². The topological polar surface area (TPSA) is 38.0 Å². The average Bonchev–Trinajstić information content (AvgIpc) is 2.32. The van der Waals surface area contributed by atoms with E-state index >= 15 is 0 Å². The molecule has 0 aliphatic carbocycles. The van der Waals surface area contributed by atoms with Crippen LogP contribution in [0.25, 0.3) is 0 Å². The van der Waals surface area contributed by atoms with Gasteiger partial charge in [-0.1, -0.05) is 22.4 Å². The largest absolute Gasteiger partial charge is 0.399 e. The summed E-state index contributed by atoms with van der Waals surface area (Å²) in [6.07, 6.45) is 6.28. The van der Waals surface area contributed by atoms with Gasteiger partial charge >= 0.3 is 0 Å². The Morgan fingerprint density at radius 3 is 3.00 bits per heavy atom. The summed E-state index contributed by atoms with van der Waals surface area (Å²) >= 11 is 3.49. The molecular formula is C13H19BrN2. The Kier molecular flexibility index (Phi) is 4.24. The van der Waals surface area contributed by atoms with E-state index in [2.05, 4.69) is 27.3 Å². The van der Waals surface area contributed by atoms with Crippen LogP contribution in [-0.2, 0) is 6.42 Å². The lowest BCUT2D eigenvalue weighted by Crippen LogP contribution is -2.34. The summed E-state index contributed by atoms with van der Waals surface area (Å²) in [4.78, 5) is 0. The molecule has 1 saturated heterocycles. The fraction of sp³-hybridized carbons (Fsp3) is 0.538. The van der Waals surface area contributed by atoms with Crippen LogP contribution in [0.15, 0.2) is 22.7 Å². The quantitative estimate of drug-likeness (QED) is 0.836. The molecule has 16 heavy (non-hydrogen) atoms. The van der Waals surface area contributed by atoms with Gasteiger partial charge in [-0.05, 0) is 56.0 Å². The van der Waals surface area contributed by atoms with Crippen molar-refractivity contribution >= 4 is 21.6 Å². The van der Waals surface area contributed by atoms with Crippen LogP contribution in [0.1, 0.15) is 31.2 Å². The van der Waals surface area contributed by atoms with Gasteiger partial charge in [0.2, 0.25) is 0 Å². The Balaban J connectivity index is 1.90. The van der Waals surface area contributed by atoms with Gasteiger partial charge in [0.1, 0.15) is 0 Å². The molecule has 1 fully saturated rings. The number of piperidine rings is 1. The summed E-state index contributed by atoms with van der Waals surface area (Å²) in [7, 11) is 0. The number of hydrogen-bond donors (Lipinski definition) is 2. The zero-order valence-corrected chi connectivity index (χ0v) is 11.1. The fourth-order valence-corrected chi connectivity index (χ4v) is 2.70. The van der Waals surface area contributed by atoms with Crippen LogP contribution < -0.4 is 11.1 Å². The third-order valence-electron chi connectivity index (χ3n) is 3.28. The number of rotatable bonds is 3. The predicted octanol–water partition coefficient (Wildman–Crippen LogP) is 3.11. The third kappa shape index (κ3) is 3.22. The number of anilines is 1. The molecule has 88 valence electrons. The maximum Gasteiger partial charge on any atom is 0.0347 e. The molecule has 1 atom stereocenters. The Labute approximate surface area is 106 Å². The minimum atomic E-state index is 0.687. The third-order valence-corrected chi connectivity index (χ3v) is 3.77. The van der Waals surface area contributed by atoms with Gasteiger partial charge in [0.25, 0.3) is 0 Å². The summed E-state index contributed by atoms with van der Waals surface area (Å²) in [6.45, 7) is 1.18. The molecule has 1 aromatic carbocycles. The van der Waals surface area contributed by atoms with Crippen LogP contribution >= 0.6 is 15.9 Å². The first-order chi connectivity index (χ1) is 7.75. The molecule has 0 spiro atoms. The smallest absolute Gasteiger partial charge is 0.0347 e. The maximum absolute atomic E-state index is 5.96. The maximum atomic E-state index is 5.96. The van der Waals surface area contributed by atoms with Crippen molar-refractivity contribution in [1.82, 2.24) is 5.32 Å². The molecule has 1 heterocycles. The van der Waals surface area contributed by atoms with Gasteiger partial charge in [-0.15, -0.1) is 0 Å². The molecule has 0 bridgehead atoms. The molecular weight excluding hydrogens is 264 g/mol. The van der Waals surface area contributed by atoms with Crippen LogP contribution in [0.4, 0.5) is 5.69 Å². The molecule has 1 aliphatic rings. The van der Waals surface area contributed by atoms with Crippen molar-refractivity contribution in [1.29, 1.82) is 0 Å². The molecule has 2 nitrogen and oxygen atoms in total. The van der Waals surface area contributed by atoms with Gasteiger partial charge in [-0.3, -0.25) is 0 Å². The number of nitrogens with one attached hydrogen (secondary N) is 1. The molecule has 3 N–H and O–H groups in total. The van der Waals surface area contributed by atoms with Crippen molar-refractivity contribution in [3.05, 3.63) is 28.2 Å². The molecule has 1 unspecified atom stereocenters. The molecule has 3 heteroatoms. The zero-order valence-electron chi connectivity index (χ0n) is 9.51. The van der Waals surface area contributed by atoms with Crippen molar-refractivity contribution in [3.63, 3.8) is 0 Å². The van der Waals surface area contributed by atoms with Gasteiger partial charge in [0.05, 0.1) is 0 Å². The van der Waals surface area contributed by atoms with Crippen LogP contribution in [0, 0.1) is 0 Å². The van der Waals surface area contributed by atoms with Crippen LogP contribution in [0.3, 0.4) is 0 Å². The Morgan fingerprint density at radius 1 is 1.38 bits per heavy atom. The second-order valence-corrected chi connectivity index (χ2v) is 5.44. The minimum absolute atomic E-state index is 0.687. The van der Waals surface area contributed by atoms with Gasteiger partial charge in [0, 0.05) is 16.2 Å². The summed E-state index contributed by atoms with van der Waals surface area (Å²) in [5, 5.41) is 3.57. The monoisotopic (exact) mass is 282 g/mol. The summed E-state index contributed by atoms with van der Waals surface area (Å²) < 4.78 is 1.12. The van der Waals surface area contributed by atoms with Crippen LogP contribution in [0.5, 0.6) is 0 Å². The highest BCUT2D eigenvalue weighted by Gasteiger charge is 2.12. The highest BCUT2D eigenvalue weighted by molar-refractivity contribution is 9.10. The molecule has 0 radical (unpaired) electrons. The second-order valence-electron chi connectivity index (χ2n) is 4.53. The standard InChI is InChI=1S/C13H19BrN2/c14-11-5-7-13(15)10(9-11)4-6-12-3-1-2-8-16-12/h5,7,9,12,16H,1-4,6,8,15H2. The highest BCUT2D eigenvalue weighted by Crippen LogP contribution is 2.21. The summed E-state index contributed by atoms with van der Waals surface area (Å²) in [6, 6.07) is 6.80. The van der Waals surface area contributed by atoms with E-state index in [-0.39, 0.29) is 0 Å². The number of nitrogens with two attached hydrogens (primary N) is 1. The Bertz CT molecular complexity index is 346. The first kappa shape index (κ1) is 11.9. The highest BCUT2D eigenvalue weighted by atomic mass is 79.9. The van der Waals surface area contributed by atoms with Crippen molar-refractivity contribution in [2.45, 2.75) is 38.1 Å².